The zero-order chi connectivity index (χ0) is 12.5. The van der Waals surface area contributed by atoms with Gasteiger partial charge in [0.1, 0.15) is 0 Å². The lowest BCUT2D eigenvalue weighted by molar-refractivity contribution is 0.189. The first-order valence-electron chi connectivity index (χ1n) is 5.41. The summed E-state index contributed by atoms with van der Waals surface area (Å²) in [5.41, 5.74) is 0.911. The van der Waals surface area contributed by atoms with Crippen molar-refractivity contribution in [2.45, 2.75) is 5.88 Å². The molecule has 6 heteroatoms. The number of alkyl halides is 1. The van der Waals surface area contributed by atoms with Crippen molar-refractivity contribution in [1.82, 2.24) is 9.97 Å². The van der Waals surface area contributed by atoms with Gasteiger partial charge in [0.05, 0.1) is 19.1 Å². The summed E-state index contributed by atoms with van der Waals surface area (Å²) in [7, 11) is 3.35. The van der Waals surface area contributed by atoms with Crippen molar-refractivity contribution in [3.8, 4) is 0 Å². The van der Waals surface area contributed by atoms with Crippen molar-refractivity contribution in [3.05, 3.63) is 18.0 Å². The van der Waals surface area contributed by atoms with Crippen LogP contribution < -0.4 is 4.90 Å². The zero-order valence-corrected chi connectivity index (χ0v) is 11.0. The Balaban J connectivity index is 2.65. The average molecular weight is 260 g/mol. The third-order valence-corrected chi connectivity index (χ3v) is 2.57. The van der Waals surface area contributed by atoms with Crippen molar-refractivity contribution in [2.24, 2.45) is 0 Å². The molecule has 0 saturated carbocycles. The Bertz CT molecular complexity index is 300. The van der Waals surface area contributed by atoms with Gasteiger partial charge >= 0.3 is 0 Å². The molecule has 0 radical (unpaired) electrons. The Hall–Kier alpha value is -0.910. The zero-order valence-electron chi connectivity index (χ0n) is 10.2. The van der Waals surface area contributed by atoms with E-state index in [0.717, 1.165) is 18.7 Å². The Morgan fingerprint density at radius 2 is 1.65 bits per heavy atom. The van der Waals surface area contributed by atoms with E-state index in [-0.39, 0.29) is 0 Å². The molecule has 0 saturated heterocycles. The van der Waals surface area contributed by atoms with Crippen LogP contribution >= 0.6 is 11.6 Å². The summed E-state index contributed by atoms with van der Waals surface area (Å²) in [5.74, 6) is 1.10. The molecule has 0 aliphatic heterocycles. The minimum atomic E-state index is 0.427. The molecular formula is C11H18ClN3O2. The molecule has 1 rings (SSSR count). The maximum atomic E-state index is 5.69. The van der Waals surface area contributed by atoms with Crippen LogP contribution in [0.25, 0.3) is 0 Å². The molecule has 0 fully saturated rings. The highest BCUT2D eigenvalue weighted by molar-refractivity contribution is 6.17. The van der Waals surface area contributed by atoms with E-state index in [9.17, 15) is 0 Å². The van der Waals surface area contributed by atoms with Gasteiger partial charge in [0.2, 0.25) is 5.95 Å². The molecule has 0 aromatic carbocycles. The third kappa shape index (κ3) is 4.85. The molecule has 1 aromatic heterocycles. The highest BCUT2D eigenvalue weighted by Gasteiger charge is 2.08. The maximum Gasteiger partial charge on any atom is 0.225 e. The average Bonchev–Trinajstić information content (AvgIpc) is 2.39. The van der Waals surface area contributed by atoms with E-state index in [2.05, 4.69) is 9.97 Å². The molecule has 1 heterocycles. The first kappa shape index (κ1) is 14.2. The van der Waals surface area contributed by atoms with E-state index in [1.165, 1.54) is 0 Å². The number of nitrogens with zero attached hydrogens (tertiary/aromatic N) is 3. The Morgan fingerprint density at radius 1 is 1.12 bits per heavy atom. The molecule has 96 valence electrons. The molecule has 0 spiro atoms. The van der Waals surface area contributed by atoms with E-state index in [1.807, 2.05) is 4.90 Å². The fraction of sp³-hybridized carbons (Fsp3) is 0.636. The first-order chi connectivity index (χ1) is 8.31. The number of anilines is 1. The minimum absolute atomic E-state index is 0.427. The van der Waals surface area contributed by atoms with Crippen molar-refractivity contribution >= 4 is 17.5 Å². The van der Waals surface area contributed by atoms with E-state index >= 15 is 0 Å². The van der Waals surface area contributed by atoms with Gasteiger partial charge in [0, 0.05) is 45.3 Å². The summed E-state index contributed by atoms with van der Waals surface area (Å²) < 4.78 is 10.1. The van der Waals surface area contributed by atoms with E-state index in [0.29, 0.717) is 25.0 Å². The predicted octanol–water partition coefficient (Wildman–Crippen LogP) is 1.31. The van der Waals surface area contributed by atoms with Gasteiger partial charge in [0.25, 0.3) is 0 Å². The maximum absolute atomic E-state index is 5.69. The quantitative estimate of drug-likeness (QED) is 0.659. The van der Waals surface area contributed by atoms with Gasteiger partial charge in [-0.05, 0) is 0 Å². The Morgan fingerprint density at radius 3 is 2.06 bits per heavy atom. The Labute approximate surface area is 107 Å². The van der Waals surface area contributed by atoms with Gasteiger partial charge in [0.15, 0.2) is 0 Å². The molecule has 1 aromatic rings. The van der Waals surface area contributed by atoms with Gasteiger partial charge in [-0.15, -0.1) is 11.6 Å². The molecule has 0 unspecified atom stereocenters. The van der Waals surface area contributed by atoms with Gasteiger partial charge in [-0.3, -0.25) is 0 Å². The molecule has 0 amide bonds. The van der Waals surface area contributed by atoms with Gasteiger partial charge in [-0.2, -0.15) is 0 Å². The normalized spacial score (nSPS) is 10.5. The predicted molar refractivity (Wildman–Crippen MR) is 67.6 cm³/mol. The monoisotopic (exact) mass is 259 g/mol. The summed E-state index contributed by atoms with van der Waals surface area (Å²) in [6, 6.07) is 0. The van der Waals surface area contributed by atoms with Crippen molar-refractivity contribution in [1.29, 1.82) is 0 Å². The number of aromatic nitrogens is 2. The van der Waals surface area contributed by atoms with Crippen LogP contribution in [0.2, 0.25) is 0 Å². The molecule has 0 aliphatic carbocycles. The van der Waals surface area contributed by atoms with Crippen LogP contribution in [-0.2, 0) is 15.4 Å². The van der Waals surface area contributed by atoms with Crippen LogP contribution in [0.1, 0.15) is 5.56 Å². The van der Waals surface area contributed by atoms with Crippen LogP contribution in [0.4, 0.5) is 5.95 Å². The standard InChI is InChI=1S/C11H18ClN3O2/c1-16-5-3-15(4-6-17-2)11-13-8-10(7-12)9-14-11/h8-9H,3-7H2,1-2H3. The SMILES string of the molecule is COCCN(CCOC)c1ncc(CCl)cn1. The molecular weight excluding hydrogens is 242 g/mol. The van der Waals surface area contributed by atoms with Crippen LogP contribution in [-0.4, -0.2) is 50.5 Å². The number of methoxy groups -OCH3 is 2. The lowest BCUT2D eigenvalue weighted by atomic mass is 10.4. The van der Waals surface area contributed by atoms with Crippen molar-refractivity contribution in [2.75, 3.05) is 45.4 Å². The second-order valence-corrected chi connectivity index (χ2v) is 3.76. The summed E-state index contributed by atoms with van der Waals surface area (Å²) in [5, 5.41) is 0. The topological polar surface area (TPSA) is 47.5 Å². The lowest BCUT2D eigenvalue weighted by Crippen LogP contribution is -2.32. The Kier molecular flexibility index (Phi) is 6.84. The molecule has 5 nitrogen and oxygen atoms in total. The van der Waals surface area contributed by atoms with Crippen LogP contribution in [0.3, 0.4) is 0 Å². The number of rotatable bonds is 8. The largest absolute Gasteiger partial charge is 0.383 e. The second-order valence-electron chi connectivity index (χ2n) is 3.50. The lowest BCUT2D eigenvalue weighted by Gasteiger charge is -2.21. The number of halogens is 1. The van der Waals surface area contributed by atoms with E-state index in [4.69, 9.17) is 21.1 Å². The van der Waals surface area contributed by atoms with Crippen molar-refractivity contribution in [3.63, 3.8) is 0 Å². The second kappa shape index (κ2) is 8.22. The highest BCUT2D eigenvalue weighted by Crippen LogP contribution is 2.08. The van der Waals surface area contributed by atoms with Crippen LogP contribution in [0.5, 0.6) is 0 Å². The summed E-state index contributed by atoms with van der Waals surface area (Å²) in [6.07, 6.45) is 3.48. The highest BCUT2D eigenvalue weighted by atomic mass is 35.5. The summed E-state index contributed by atoms with van der Waals surface area (Å²) in [4.78, 5) is 10.6. The molecule has 0 N–H and O–H groups in total. The van der Waals surface area contributed by atoms with Crippen LogP contribution in [0, 0.1) is 0 Å². The van der Waals surface area contributed by atoms with E-state index < -0.39 is 0 Å². The molecule has 17 heavy (non-hydrogen) atoms. The fourth-order valence-corrected chi connectivity index (χ4v) is 1.43. The third-order valence-electron chi connectivity index (χ3n) is 2.26. The number of hydrogen-bond acceptors (Lipinski definition) is 5. The molecule has 0 atom stereocenters. The van der Waals surface area contributed by atoms with Crippen molar-refractivity contribution < 1.29 is 9.47 Å². The van der Waals surface area contributed by atoms with Gasteiger partial charge < -0.3 is 14.4 Å². The van der Waals surface area contributed by atoms with Crippen LogP contribution in [0.15, 0.2) is 12.4 Å². The van der Waals surface area contributed by atoms with E-state index in [1.54, 1.807) is 26.6 Å². The van der Waals surface area contributed by atoms with Gasteiger partial charge in [-0.1, -0.05) is 0 Å². The summed E-state index contributed by atoms with van der Waals surface area (Å²) in [6.45, 7) is 2.73. The number of ether oxygens (including phenoxy) is 2. The number of hydrogen-bond donors (Lipinski definition) is 0. The van der Waals surface area contributed by atoms with Gasteiger partial charge in [-0.25, -0.2) is 9.97 Å². The molecule has 0 bridgehead atoms. The fourth-order valence-electron chi connectivity index (χ4n) is 1.30. The summed E-state index contributed by atoms with van der Waals surface area (Å²) >= 11 is 5.69. The molecule has 0 aliphatic rings. The smallest absolute Gasteiger partial charge is 0.225 e. The first-order valence-corrected chi connectivity index (χ1v) is 5.95. The minimum Gasteiger partial charge on any atom is -0.383 e.